The van der Waals surface area contributed by atoms with Crippen LogP contribution in [0.2, 0.25) is 0 Å². The largest absolute Gasteiger partial charge is 0.504 e. The van der Waals surface area contributed by atoms with Crippen molar-refractivity contribution >= 4 is 29.5 Å². The number of ketones is 1. The van der Waals surface area contributed by atoms with E-state index < -0.39 is 47.3 Å². The molecule has 6 aliphatic heterocycles. The lowest BCUT2D eigenvalue weighted by atomic mass is 9.77. The van der Waals surface area contributed by atoms with Crippen LogP contribution in [-0.2, 0) is 19.1 Å². The third-order valence-electron chi connectivity index (χ3n) is 9.43. The summed E-state index contributed by atoms with van der Waals surface area (Å²) in [6.45, 7) is 4.66. The molecule has 0 spiro atoms. The van der Waals surface area contributed by atoms with Gasteiger partial charge in [0.25, 0.3) is 0 Å². The van der Waals surface area contributed by atoms with Crippen molar-refractivity contribution in [2.45, 2.75) is 62.5 Å². The topological polar surface area (TPSA) is 144 Å². The Labute approximate surface area is 244 Å². The van der Waals surface area contributed by atoms with Crippen LogP contribution in [0.4, 0.5) is 0 Å². The molecule has 2 aromatic rings. The summed E-state index contributed by atoms with van der Waals surface area (Å²) in [5.41, 5.74) is 4.22. The highest BCUT2D eigenvalue weighted by Crippen LogP contribution is 2.71. The number of aromatic hydroxyl groups is 1. The first-order valence-corrected chi connectivity index (χ1v) is 14.8. The maximum Gasteiger partial charge on any atom is 0.375 e. The number of fused-ring (bicyclic) bond motifs is 9. The van der Waals surface area contributed by atoms with Gasteiger partial charge in [-0.05, 0) is 25.0 Å². The molecule has 12 nitrogen and oxygen atoms in total. The quantitative estimate of drug-likeness (QED) is 0.226. The molecule has 8 rings (SSSR count). The first-order valence-electron chi connectivity index (χ1n) is 13.7. The molecule has 8 atom stereocenters. The van der Waals surface area contributed by atoms with E-state index in [0.717, 1.165) is 11.1 Å². The van der Waals surface area contributed by atoms with Crippen molar-refractivity contribution in [1.29, 1.82) is 0 Å². The smallest absolute Gasteiger partial charge is 0.375 e. The van der Waals surface area contributed by atoms with Crippen LogP contribution in [0, 0.1) is 13.8 Å². The number of carbonyl (C=O) groups excluding carboxylic acids is 3. The number of aryl methyl sites for hydroxylation is 1. The highest BCUT2D eigenvalue weighted by Gasteiger charge is 2.72. The Morgan fingerprint density at radius 2 is 1.79 bits per heavy atom. The number of hydrogen-bond donors (Lipinski definition) is 2. The molecule has 6 heterocycles. The standard InChI is InChI=1S/C29H28N2O10S/c1-9-5-12-15(22(34)23(9)37-4)19-20-27-17-16(26-25(39-8-40-26)10(2)24(17)41-11(3)32)13(6-38-29(36)14(33)7-42-27)30(20)28(35)21-18(12)31(19)21/h5,13,18-21,27-28,34-35H,6-8H2,1-4H3/t13-,18?,19?,20+,21?,27+,28-,31?/m0/s1. The van der Waals surface area contributed by atoms with Gasteiger partial charge in [0.15, 0.2) is 23.0 Å². The monoisotopic (exact) mass is 596 g/mol. The molecule has 220 valence electrons. The first kappa shape index (κ1) is 26.1. The molecule has 0 radical (unpaired) electrons. The molecule has 4 unspecified atom stereocenters. The van der Waals surface area contributed by atoms with Crippen LogP contribution in [0.1, 0.15) is 63.7 Å². The van der Waals surface area contributed by atoms with Gasteiger partial charge in [0.05, 0.1) is 42.3 Å². The number of carbonyl (C=O) groups is 3. The fourth-order valence-electron chi connectivity index (χ4n) is 7.97. The molecular formula is C29H28N2O10S. The van der Waals surface area contributed by atoms with Gasteiger partial charge in [-0.25, -0.2) is 4.79 Å². The van der Waals surface area contributed by atoms with Gasteiger partial charge in [-0.3, -0.25) is 19.4 Å². The molecule has 0 saturated carbocycles. The molecule has 0 aliphatic carbocycles. The second-order valence-electron chi connectivity index (χ2n) is 11.5. The van der Waals surface area contributed by atoms with E-state index in [1.807, 2.05) is 17.9 Å². The van der Waals surface area contributed by atoms with Gasteiger partial charge in [-0.1, -0.05) is 6.07 Å². The van der Waals surface area contributed by atoms with Gasteiger partial charge in [-0.2, -0.15) is 0 Å². The maximum absolute atomic E-state index is 12.8. The molecule has 3 fully saturated rings. The number of aliphatic hydroxyl groups excluding tert-OH is 1. The number of nitrogens with zero attached hydrogens (tertiary/aromatic N) is 2. The fraction of sp³-hybridized carbons (Fsp3) is 0.483. The predicted octanol–water partition coefficient (Wildman–Crippen LogP) is 2.11. The summed E-state index contributed by atoms with van der Waals surface area (Å²) in [6.07, 6.45) is -0.972. The zero-order valence-electron chi connectivity index (χ0n) is 23.2. The number of methoxy groups -OCH3 is 1. The summed E-state index contributed by atoms with van der Waals surface area (Å²) in [4.78, 5) is 42.0. The summed E-state index contributed by atoms with van der Waals surface area (Å²) in [6, 6.07) is -0.0804. The van der Waals surface area contributed by atoms with Crippen LogP contribution in [0.15, 0.2) is 6.07 Å². The molecule has 13 heteroatoms. The normalized spacial score (nSPS) is 33.3. The predicted molar refractivity (Wildman–Crippen MR) is 145 cm³/mol. The highest BCUT2D eigenvalue weighted by molar-refractivity contribution is 8.00. The van der Waals surface area contributed by atoms with Crippen molar-refractivity contribution in [3.63, 3.8) is 0 Å². The van der Waals surface area contributed by atoms with E-state index in [1.165, 1.54) is 25.8 Å². The van der Waals surface area contributed by atoms with Crippen LogP contribution in [-0.4, -0.2) is 82.3 Å². The minimum absolute atomic E-state index is 0.0440. The maximum atomic E-state index is 12.8. The number of hydrogen-bond acceptors (Lipinski definition) is 13. The summed E-state index contributed by atoms with van der Waals surface area (Å²) in [7, 11) is 1.51. The van der Waals surface area contributed by atoms with E-state index in [0.29, 0.717) is 45.3 Å². The third-order valence-corrected chi connectivity index (χ3v) is 10.7. The minimum Gasteiger partial charge on any atom is -0.504 e. The molecule has 2 aromatic carbocycles. The van der Waals surface area contributed by atoms with Crippen LogP contribution in [0.3, 0.4) is 0 Å². The van der Waals surface area contributed by atoms with Gasteiger partial charge in [0.1, 0.15) is 18.6 Å². The lowest BCUT2D eigenvalue weighted by Crippen LogP contribution is -2.61. The molecule has 2 N–H and O–H groups in total. The Morgan fingerprint density at radius 1 is 1.02 bits per heavy atom. The number of Topliss-reactive ketones (excluding diaryl/α,β-unsaturated/α-hetero) is 1. The Morgan fingerprint density at radius 3 is 2.52 bits per heavy atom. The van der Waals surface area contributed by atoms with Gasteiger partial charge in [-0.15, -0.1) is 11.8 Å². The number of esters is 2. The minimum atomic E-state index is -0.972. The van der Waals surface area contributed by atoms with Crippen LogP contribution in [0.25, 0.3) is 0 Å². The fourth-order valence-corrected chi connectivity index (χ4v) is 9.31. The van der Waals surface area contributed by atoms with Crippen molar-refractivity contribution in [3.8, 4) is 28.7 Å². The number of cyclic esters (lactones) is 1. The van der Waals surface area contributed by atoms with E-state index in [2.05, 4.69) is 4.90 Å². The zero-order valence-corrected chi connectivity index (χ0v) is 24.0. The SMILES string of the molecule is COc1c(C)cc2c(c1O)C1[C@@H]3[C@@H]4SCC(=O)C(=O)OC[C@@H](c5c6c(c(C)c(OC(C)=O)c54)OCO6)N3[C@@H](O)C3C2N13. The number of ether oxygens (including phenoxy) is 5. The Hall–Kier alpha value is -3.52. The number of benzene rings is 2. The van der Waals surface area contributed by atoms with Gasteiger partial charge < -0.3 is 33.9 Å². The molecule has 3 saturated heterocycles. The van der Waals surface area contributed by atoms with Crippen molar-refractivity contribution in [1.82, 2.24) is 9.80 Å². The van der Waals surface area contributed by atoms with Gasteiger partial charge in [0, 0.05) is 35.2 Å². The summed E-state index contributed by atoms with van der Waals surface area (Å²) >= 11 is 1.22. The molecule has 0 amide bonds. The van der Waals surface area contributed by atoms with Crippen molar-refractivity contribution in [3.05, 3.63) is 39.4 Å². The van der Waals surface area contributed by atoms with Crippen molar-refractivity contribution in [2.24, 2.45) is 0 Å². The molecular weight excluding hydrogens is 568 g/mol. The second kappa shape index (κ2) is 8.75. The van der Waals surface area contributed by atoms with Gasteiger partial charge in [0.2, 0.25) is 12.6 Å². The number of piperazine rings is 1. The molecule has 6 aliphatic rings. The number of thioether (sulfide) groups is 1. The van der Waals surface area contributed by atoms with E-state index in [-0.39, 0.29) is 37.0 Å². The summed E-state index contributed by atoms with van der Waals surface area (Å²) < 4.78 is 28.8. The lowest BCUT2D eigenvalue weighted by Gasteiger charge is -2.54. The van der Waals surface area contributed by atoms with E-state index >= 15 is 0 Å². The van der Waals surface area contributed by atoms with Crippen molar-refractivity contribution < 1.29 is 48.3 Å². The van der Waals surface area contributed by atoms with Gasteiger partial charge >= 0.3 is 11.9 Å². The Balaban J connectivity index is 1.42. The van der Waals surface area contributed by atoms with Crippen LogP contribution >= 0.6 is 11.8 Å². The van der Waals surface area contributed by atoms with E-state index in [9.17, 15) is 24.6 Å². The van der Waals surface area contributed by atoms with Crippen LogP contribution < -0.4 is 18.9 Å². The molecule has 42 heavy (non-hydrogen) atoms. The summed E-state index contributed by atoms with van der Waals surface area (Å²) in [5, 5.41) is 22.9. The molecule has 0 aromatic heterocycles. The first-order chi connectivity index (χ1) is 20.1. The molecule has 2 bridgehead atoms. The number of phenolic OH excluding ortho intramolecular Hbond substituents is 1. The summed E-state index contributed by atoms with van der Waals surface area (Å²) in [5.74, 6) is -0.781. The Kier molecular flexibility index (Phi) is 5.45. The van der Waals surface area contributed by atoms with Crippen molar-refractivity contribution in [2.75, 3.05) is 26.3 Å². The Bertz CT molecular complexity index is 1630. The van der Waals surface area contributed by atoms with Crippen LogP contribution in [0.5, 0.6) is 28.7 Å². The lowest BCUT2D eigenvalue weighted by molar-refractivity contribution is -0.160. The third kappa shape index (κ3) is 3.16. The number of rotatable bonds is 2. The average Bonchev–Trinajstić information content (AvgIpc) is 3.32. The number of phenols is 1. The highest BCUT2D eigenvalue weighted by atomic mass is 32.2. The number of aliphatic hydroxyl groups is 1. The average molecular weight is 597 g/mol. The van der Waals surface area contributed by atoms with E-state index in [1.54, 1.807) is 6.92 Å². The zero-order chi connectivity index (χ0) is 29.4. The second-order valence-corrected chi connectivity index (χ2v) is 12.6. The van der Waals surface area contributed by atoms with E-state index in [4.69, 9.17) is 23.7 Å².